The first kappa shape index (κ1) is 28.1. The van der Waals surface area contributed by atoms with Crippen LogP contribution in [0.15, 0.2) is 0 Å². The highest BCUT2D eigenvalue weighted by Crippen LogP contribution is 2.04. The van der Waals surface area contributed by atoms with Crippen molar-refractivity contribution in [3.8, 4) is 0 Å². The standard InChI is InChI=1S/C17H29N5O8S/c1-7(2)13(19)16(28)22-10(6-31)15(27)20-8(3-4-11(18)23)14(26)21-9(17(29)30)5-12(24)25/h7-10,13,31H,3-6,19H2,1-2H3,(H2,18,23)(H,20,27)(H,21,26)(H,22,28)(H,24,25)(H,29,30). The lowest BCUT2D eigenvalue weighted by molar-refractivity contribution is -0.147. The maximum Gasteiger partial charge on any atom is 0.326 e. The molecule has 4 atom stereocenters. The second kappa shape index (κ2) is 13.4. The highest BCUT2D eigenvalue weighted by atomic mass is 32.1. The molecule has 0 aliphatic carbocycles. The van der Waals surface area contributed by atoms with Gasteiger partial charge < -0.3 is 37.6 Å². The van der Waals surface area contributed by atoms with E-state index in [1.54, 1.807) is 13.8 Å². The van der Waals surface area contributed by atoms with Crippen LogP contribution in [0.1, 0.15) is 33.1 Å². The molecule has 0 aromatic carbocycles. The summed E-state index contributed by atoms with van der Waals surface area (Å²) < 4.78 is 0. The quantitative estimate of drug-likeness (QED) is 0.124. The minimum Gasteiger partial charge on any atom is -0.481 e. The summed E-state index contributed by atoms with van der Waals surface area (Å²) in [7, 11) is 0. The lowest BCUT2D eigenvalue weighted by Gasteiger charge is -2.24. The summed E-state index contributed by atoms with van der Waals surface area (Å²) >= 11 is 3.99. The zero-order chi connectivity index (χ0) is 24.3. The maximum atomic E-state index is 12.5. The second-order valence-corrected chi connectivity index (χ2v) is 7.44. The molecule has 0 fully saturated rings. The Morgan fingerprint density at radius 1 is 0.871 bits per heavy atom. The first-order chi connectivity index (χ1) is 14.3. The summed E-state index contributed by atoms with van der Waals surface area (Å²) in [5.41, 5.74) is 10.8. The minimum atomic E-state index is -1.76. The van der Waals surface area contributed by atoms with Gasteiger partial charge in [-0.2, -0.15) is 12.6 Å². The predicted octanol–water partition coefficient (Wildman–Crippen LogP) is -2.82. The van der Waals surface area contributed by atoms with Gasteiger partial charge in [-0.25, -0.2) is 4.79 Å². The Hall–Kier alpha value is -2.87. The van der Waals surface area contributed by atoms with Gasteiger partial charge in [0, 0.05) is 12.2 Å². The zero-order valence-corrected chi connectivity index (χ0v) is 18.1. The van der Waals surface area contributed by atoms with Gasteiger partial charge >= 0.3 is 11.9 Å². The van der Waals surface area contributed by atoms with Gasteiger partial charge in [-0.05, 0) is 12.3 Å². The molecule has 0 saturated heterocycles. The lowest BCUT2D eigenvalue weighted by Crippen LogP contribution is -2.58. The molecule has 0 spiro atoms. The molecule has 14 heteroatoms. The van der Waals surface area contributed by atoms with Crippen molar-refractivity contribution in [2.45, 2.75) is 57.3 Å². The monoisotopic (exact) mass is 463 g/mol. The molecule has 0 aliphatic rings. The first-order valence-corrected chi connectivity index (χ1v) is 9.93. The van der Waals surface area contributed by atoms with Crippen molar-refractivity contribution in [1.82, 2.24) is 16.0 Å². The predicted molar refractivity (Wildman–Crippen MR) is 111 cm³/mol. The molecule has 176 valence electrons. The Labute approximate surface area is 184 Å². The molecule has 0 rings (SSSR count). The van der Waals surface area contributed by atoms with E-state index in [0.717, 1.165) is 0 Å². The fourth-order valence-corrected chi connectivity index (χ4v) is 2.50. The number of nitrogens with one attached hydrogen (secondary N) is 3. The first-order valence-electron chi connectivity index (χ1n) is 9.30. The summed E-state index contributed by atoms with van der Waals surface area (Å²) in [5, 5.41) is 24.5. The van der Waals surface area contributed by atoms with Crippen LogP contribution in [-0.4, -0.2) is 75.7 Å². The van der Waals surface area contributed by atoms with Gasteiger partial charge in [-0.3, -0.25) is 24.0 Å². The van der Waals surface area contributed by atoms with Crippen molar-refractivity contribution in [2.24, 2.45) is 17.4 Å². The molecule has 0 aromatic heterocycles. The topological polar surface area (TPSA) is 231 Å². The summed E-state index contributed by atoms with van der Waals surface area (Å²) in [4.78, 5) is 70.1. The van der Waals surface area contributed by atoms with E-state index >= 15 is 0 Å². The number of carboxylic acid groups (broad SMARTS) is 2. The number of hydrogen-bond donors (Lipinski definition) is 8. The Kier molecular flexibility index (Phi) is 12.2. The molecule has 0 aromatic rings. The van der Waals surface area contributed by atoms with Gasteiger partial charge in [0.2, 0.25) is 23.6 Å². The molecule has 9 N–H and O–H groups in total. The molecule has 13 nitrogen and oxygen atoms in total. The highest BCUT2D eigenvalue weighted by molar-refractivity contribution is 7.80. The molecule has 0 saturated carbocycles. The van der Waals surface area contributed by atoms with E-state index in [9.17, 15) is 28.8 Å². The lowest BCUT2D eigenvalue weighted by atomic mass is 10.0. The number of hydrogen-bond acceptors (Lipinski definition) is 8. The third kappa shape index (κ3) is 10.6. The minimum absolute atomic E-state index is 0.149. The highest BCUT2D eigenvalue weighted by Gasteiger charge is 2.31. The smallest absolute Gasteiger partial charge is 0.326 e. The van der Waals surface area contributed by atoms with E-state index in [1.807, 2.05) is 5.32 Å². The van der Waals surface area contributed by atoms with Crippen LogP contribution in [0.3, 0.4) is 0 Å². The van der Waals surface area contributed by atoms with Gasteiger partial charge in [0.15, 0.2) is 0 Å². The fraction of sp³-hybridized carbons (Fsp3) is 0.647. The fourth-order valence-electron chi connectivity index (χ4n) is 2.24. The largest absolute Gasteiger partial charge is 0.481 e. The Morgan fingerprint density at radius 2 is 1.35 bits per heavy atom. The van der Waals surface area contributed by atoms with Gasteiger partial charge in [0.05, 0.1) is 12.5 Å². The van der Waals surface area contributed by atoms with Crippen molar-refractivity contribution in [2.75, 3.05) is 5.75 Å². The van der Waals surface area contributed by atoms with Crippen LogP contribution < -0.4 is 27.4 Å². The molecule has 4 unspecified atom stereocenters. The average molecular weight is 464 g/mol. The summed E-state index contributed by atoms with van der Waals surface area (Å²) in [6.45, 7) is 3.42. The molecule has 4 amide bonds. The van der Waals surface area contributed by atoms with Gasteiger partial charge in [0.1, 0.15) is 18.1 Å². The Bertz CT molecular complexity index is 702. The second-order valence-electron chi connectivity index (χ2n) is 7.08. The van der Waals surface area contributed by atoms with Crippen LogP contribution in [-0.2, 0) is 28.8 Å². The SMILES string of the molecule is CC(C)C(N)C(=O)NC(CS)C(=O)NC(CCC(N)=O)C(=O)NC(CC(=O)O)C(=O)O. The number of nitrogens with two attached hydrogens (primary N) is 2. The Morgan fingerprint density at radius 3 is 1.77 bits per heavy atom. The van der Waals surface area contributed by atoms with E-state index < -0.39 is 66.2 Å². The number of carboxylic acids is 2. The number of carbonyl (C=O) groups excluding carboxylic acids is 4. The zero-order valence-electron chi connectivity index (χ0n) is 17.2. The summed E-state index contributed by atoms with van der Waals surface area (Å²) in [6, 6.07) is -5.26. The number of carbonyl (C=O) groups is 6. The van der Waals surface area contributed by atoms with Crippen molar-refractivity contribution < 1.29 is 39.0 Å². The number of primary amides is 1. The third-order valence-electron chi connectivity index (χ3n) is 4.14. The van der Waals surface area contributed by atoms with Gasteiger partial charge in [-0.1, -0.05) is 13.8 Å². The molecule has 0 heterocycles. The third-order valence-corrected chi connectivity index (χ3v) is 4.51. The van der Waals surface area contributed by atoms with Crippen molar-refractivity contribution in [3.63, 3.8) is 0 Å². The number of amides is 4. The van der Waals surface area contributed by atoms with Gasteiger partial charge in [-0.15, -0.1) is 0 Å². The van der Waals surface area contributed by atoms with E-state index in [-0.39, 0.29) is 24.5 Å². The van der Waals surface area contributed by atoms with Crippen LogP contribution in [0.4, 0.5) is 0 Å². The van der Waals surface area contributed by atoms with Crippen molar-refractivity contribution in [1.29, 1.82) is 0 Å². The summed E-state index contributed by atoms with van der Waals surface area (Å²) in [6.07, 6.45) is -1.52. The molecule has 0 radical (unpaired) electrons. The number of aliphatic carboxylic acids is 2. The molecule has 0 aliphatic heterocycles. The molecular weight excluding hydrogens is 434 g/mol. The molecule has 0 bridgehead atoms. The number of thiol groups is 1. The molecule has 31 heavy (non-hydrogen) atoms. The van der Waals surface area contributed by atoms with E-state index in [0.29, 0.717) is 0 Å². The van der Waals surface area contributed by atoms with E-state index in [4.69, 9.17) is 21.7 Å². The van der Waals surface area contributed by atoms with Crippen molar-refractivity contribution in [3.05, 3.63) is 0 Å². The van der Waals surface area contributed by atoms with Crippen LogP contribution in [0.2, 0.25) is 0 Å². The summed E-state index contributed by atoms with van der Waals surface area (Å²) in [5.74, 6) is -6.70. The molecular formula is C17H29N5O8S. The van der Waals surface area contributed by atoms with Crippen LogP contribution in [0, 0.1) is 5.92 Å². The van der Waals surface area contributed by atoms with Gasteiger partial charge in [0.25, 0.3) is 0 Å². The average Bonchev–Trinajstić information content (AvgIpc) is 2.66. The van der Waals surface area contributed by atoms with Crippen LogP contribution in [0.5, 0.6) is 0 Å². The van der Waals surface area contributed by atoms with Crippen LogP contribution in [0.25, 0.3) is 0 Å². The normalized spacial score (nSPS) is 14.6. The number of rotatable bonds is 14. The van der Waals surface area contributed by atoms with E-state index in [1.165, 1.54) is 0 Å². The Balaban J connectivity index is 5.38. The van der Waals surface area contributed by atoms with Crippen molar-refractivity contribution >= 4 is 48.2 Å². The van der Waals surface area contributed by atoms with E-state index in [2.05, 4.69) is 23.3 Å². The maximum absolute atomic E-state index is 12.5. The van der Waals surface area contributed by atoms with Crippen LogP contribution >= 0.6 is 12.6 Å².